The predicted octanol–water partition coefficient (Wildman–Crippen LogP) is 7.90. The largest absolute Gasteiger partial charge is 0.388 e. The van der Waals surface area contributed by atoms with E-state index in [1.807, 2.05) is 7.05 Å². The van der Waals surface area contributed by atoms with Gasteiger partial charge in [-0.3, -0.25) is 0 Å². The number of fused-ring (bicyclic) bond motifs is 6. The van der Waals surface area contributed by atoms with Crippen LogP contribution in [0.5, 0.6) is 0 Å². The molecule has 0 atom stereocenters. The van der Waals surface area contributed by atoms with Crippen molar-refractivity contribution in [1.29, 1.82) is 0 Å². The van der Waals surface area contributed by atoms with Crippen LogP contribution >= 0.6 is 0 Å². The number of aryl methyl sites for hydroxylation is 1. The summed E-state index contributed by atoms with van der Waals surface area (Å²) in [5.74, 6) is 0. The molecule has 2 heterocycles. The van der Waals surface area contributed by atoms with E-state index in [2.05, 4.69) is 121 Å². The van der Waals surface area contributed by atoms with Crippen molar-refractivity contribution in [2.75, 3.05) is 12.4 Å². The van der Waals surface area contributed by atoms with Crippen LogP contribution in [-0.2, 0) is 12.6 Å². The molecule has 6 rings (SSSR count). The molecule has 0 aliphatic heterocycles. The van der Waals surface area contributed by atoms with Gasteiger partial charge in [-0.2, -0.15) is 0 Å². The van der Waals surface area contributed by atoms with Gasteiger partial charge >= 0.3 is 0 Å². The number of aromatic nitrogens is 2. The quantitative estimate of drug-likeness (QED) is 0.296. The van der Waals surface area contributed by atoms with E-state index in [4.69, 9.17) is 0 Å². The van der Waals surface area contributed by atoms with Crippen molar-refractivity contribution in [2.45, 2.75) is 26.3 Å². The monoisotopic (exact) mass is 431 g/mol. The first-order chi connectivity index (χ1) is 15.9. The smallest absolute Gasteiger partial charge is 0.0517 e. The van der Waals surface area contributed by atoms with Gasteiger partial charge in [-0.1, -0.05) is 42.5 Å². The molecule has 0 unspecified atom stereocenters. The minimum absolute atomic E-state index is 0.0181. The van der Waals surface area contributed by atoms with Crippen LogP contribution in [0, 0.1) is 0 Å². The number of para-hydroxylation sites is 2. The lowest BCUT2D eigenvalue weighted by atomic mass is 9.98. The molecule has 0 amide bonds. The van der Waals surface area contributed by atoms with Gasteiger partial charge in [0.1, 0.15) is 0 Å². The van der Waals surface area contributed by atoms with E-state index in [0.29, 0.717) is 0 Å². The van der Waals surface area contributed by atoms with Crippen molar-refractivity contribution in [2.24, 2.45) is 7.05 Å². The maximum absolute atomic E-state index is 3.48. The van der Waals surface area contributed by atoms with Crippen LogP contribution < -0.4 is 5.32 Å². The average Bonchev–Trinajstić information content (AvgIpc) is 3.30. The van der Waals surface area contributed by atoms with Crippen molar-refractivity contribution in [3.8, 4) is 11.1 Å². The standard InChI is InChI=1S/C30H29N3/c1-30(2,3)33-28-13-9-7-11-21(28)24-17-22(25(31-4)18-29(24)33)19-14-15-27-23(16-19)20-10-6-8-12-26(20)32(27)5/h6-18,31H,1-5H3. The van der Waals surface area contributed by atoms with Crippen molar-refractivity contribution in [3.05, 3.63) is 78.9 Å². The number of nitrogens with zero attached hydrogens (tertiary/aromatic N) is 2. The van der Waals surface area contributed by atoms with Gasteiger partial charge in [0.05, 0.1) is 5.52 Å². The lowest BCUT2D eigenvalue weighted by molar-refractivity contribution is 0.423. The highest BCUT2D eigenvalue weighted by Gasteiger charge is 2.22. The summed E-state index contributed by atoms with van der Waals surface area (Å²) in [6.07, 6.45) is 0. The fraction of sp³-hybridized carbons (Fsp3) is 0.200. The van der Waals surface area contributed by atoms with Crippen LogP contribution in [0.25, 0.3) is 54.7 Å². The summed E-state index contributed by atoms with van der Waals surface area (Å²) in [7, 11) is 4.17. The average molecular weight is 432 g/mol. The molecule has 4 aromatic carbocycles. The predicted molar refractivity (Wildman–Crippen MR) is 143 cm³/mol. The number of rotatable bonds is 2. The normalized spacial score (nSPS) is 12.4. The molecule has 33 heavy (non-hydrogen) atoms. The molecule has 3 heteroatoms. The zero-order valence-corrected chi connectivity index (χ0v) is 19.9. The molecule has 6 aromatic rings. The van der Waals surface area contributed by atoms with Gasteiger partial charge in [0, 0.05) is 69.0 Å². The molecule has 0 fully saturated rings. The van der Waals surface area contributed by atoms with Crippen LogP contribution in [0.15, 0.2) is 78.9 Å². The van der Waals surface area contributed by atoms with Crippen LogP contribution in [0.2, 0.25) is 0 Å². The maximum atomic E-state index is 3.48. The summed E-state index contributed by atoms with van der Waals surface area (Å²) in [5.41, 5.74) is 8.67. The second-order valence-electron chi connectivity index (χ2n) is 10.00. The van der Waals surface area contributed by atoms with Crippen molar-refractivity contribution >= 4 is 49.3 Å². The summed E-state index contributed by atoms with van der Waals surface area (Å²) in [6, 6.07) is 29.0. The van der Waals surface area contributed by atoms with E-state index >= 15 is 0 Å². The third kappa shape index (κ3) is 2.82. The van der Waals surface area contributed by atoms with E-state index in [9.17, 15) is 0 Å². The number of nitrogens with one attached hydrogen (secondary N) is 1. The van der Waals surface area contributed by atoms with Crippen molar-refractivity contribution in [1.82, 2.24) is 9.13 Å². The molecule has 164 valence electrons. The second kappa shape index (κ2) is 6.89. The van der Waals surface area contributed by atoms with Gasteiger partial charge in [0.2, 0.25) is 0 Å². The topological polar surface area (TPSA) is 21.9 Å². The highest BCUT2D eigenvalue weighted by atomic mass is 15.0. The first-order valence-corrected chi connectivity index (χ1v) is 11.6. The summed E-state index contributed by atoms with van der Waals surface area (Å²) < 4.78 is 4.75. The molecule has 2 aromatic heterocycles. The first kappa shape index (κ1) is 19.9. The lowest BCUT2D eigenvalue weighted by Crippen LogP contribution is -2.21. The highest BCUT2D eigenvalue weighted by Crippen LogP contribution is 2.41. The van der Waals surface area contributed by atoms with E-state index in [1.54, 1.807) is 0 Å². The third-order valence-corrected chi connectivity index (χ3v) is 6.98. The van der Waals surface area contributed by atoms with Crippen molar-refractivity contribution < 1.29 is 0 Å². The van der Waals surface area contributed by atoms with Crippen LogP contribution in [-0.4, -0.2) is 16.2 Å². The number of benzene rings is 4. The molecule has 0 aliphatic carbocycles. The van der Waals surface area contributed by atoms with Gasteiger partial charge in [-0.15, -0.1) is 0 Å². The van der Waals surface area contributed by atoms with Gasteiger partial charge in [0.25, 0.3) is 0 Å². The fourth-order valence-electron chi connectivity index (χ4n) is 5.52. The van der Waals surface area contributed by atoms with Gasteiger partial charge in [-0.25, -0.2) is 0 Å². The minimum Gasteiger partial charge on any atom is -0.388 e. The Balaban J connectivity index is 1.69. The van der Waals surface area contributed by atoms with Gasteiger partial charge in [-0.05, 0) is 62.7 Å². The fourth-order valence-corrected chi connectivity index (χ4v) is 5.52. The molecule has 1 N–H and O–H groups in total. The molecule has 0 bridgehead atoms. The maximum Gasteiger partial charge on any atom is 0.0517 e. The first-order valence-electron chi connectivity index (χ1n) is 11.6. The van der Waals surface area contributed by atoms with E-state index < -0.39 is 0 Å². The lowest BCUT2D eigenvalue weighted by Gasteiger charge is -2.24. The van der Waals surface area contributed by atoms with E-state index in [1.165, 1.54) is 54.7 Å². The minimum atomic E-state index is -0.0181. The van der Waals surface area contributed by atoms with E-state index in [0.717, 1.165) is 5.69 Å². The molecule has 0 aliphatic rings. The van der Waals surface area contributed by atoms with E-state index in [-0.39, 0.29) is 5.54 Å². The Morgan fingerprint density at radius 2 is 1.24 bits per heavy atom. The Hall–Kier alpha value is -3.72. The molecule has 0 saturated heterocycles. The van der Waals surface area contributed by atoms with Crippen LogP contribution in [0.4, 0.5) is 5.69 Å². The molecule has 0 spiro atoms. The van der Waals surface area contributed by atoms with Crippen molar-refractivity contribution in [3.63, 3.8) is 0 Å². The third-order valence-electron chi connectivity index (χ3n) is 6.98. The summed E-state index contributed by atoms with van der Waals surface area (Å²) in [6.45, 7) is 6.83. The molecular formula is C30H29N3. The van der Waals surface area contributed by atoms with Gasteiger partial charge < -0.3 is 14.5 Å². The van der Waals surface area contributed by atoms with Crippen LogP contribution in [0.3, 0.4) is 0 Å². The van der Waals surface area contributed by atoms with Crippen LogP contribution in [0.1, 0.15) is 20.8 Å². The van der Waals surface area contributed by atoms with Gasteiger partial charge in [0.15, 0.2) is 0 Å². The molecule has 0 radical (unpaired) electrons. The Labute approximate surface area is 194 Å². The Morgan fingerprint density at radius 3 is 1.94 bits per heavy atom. The SMILES string of the molecule is CNc1cc2c(cc1-c1ccc3c(c1)c1ccccc1n3C)c1ccccc1n2C(C)(C)C. The summed E-state index contributed by atoms with van der Waals surface area (Å²) in [4.78, 5) is 0. The second-order valence-corrected chi connectivity index (χ2v) is 10.00. The Morgan fingerprint density at radius 1 is 0.636 bits per heavy atom. The highest BCUT2D eigenvalue weighted by molar-refractivity contribution is 6.13. The summed E-state index contributed by atoms with van der Waals surface area (Å²) >= 11 is 0. The zero-order valence-electron chi connectivity index (χ0n) is 19.9. The number of anilines is 1. The Bertz CT molecular complexity index is 1690. The number of hydrogen-bond donors (Lipinski definition) is 1. The zero-order chi connectivity index (χ0) is 22.9. The molecule has 3 nitrogen and oxygen atoms in total. The summed E-state index contributed by atoms with van der Waals surface area (Å²) in [5, 5.41) is 8.68. The molecule has 0 saturated carbocycles. The Kier molecular flexibility index (Phi) is 4.16. The molecular weight excluding hydrogens is 402 g/mol. The number of hydrogen-bond acceptors (Lipinski definition) is 1.